The second kappa shape index (κ2) is 16.7. The van der Waals surface area contributed by atoms with E-state index in [2.05, 4.69) is 61.3 Å². The summed E-state index contributed by atoms with van der Waals surface area (Å²) in [6, 6.07) is 8.26. The van der Waals surface area contributed by atoms with Crippen molar-refractivity contribution in [2.45, 2.75) is 64.7 Å². The molecule has 0 N–H and O–H groups in total. The Balaban J connectivity index is 0. The number of unbranched alkanes of at least 4 members (excludes halogenated alkanes) is 1. The van der Waals surface area contributed by atoms with Crippen molar-refractivity contribution < 1.29 is 0 Å². The molecule has 0 aliphatic heterocycles. The summed E-state index contributed by atoms with van der Waals surface area (Å²) in [5.41, 5.74) is 1.36. The van der Waals surface area contributed by atoms with Crippen LogP contribution in [0.25, 0.3) is 0 Å². The highest BCUT2D eigenvalue weighted by Crippen LogP contribution is 2.08. The van der Waals surface area contributed by atoms with Gasteiger partial charge in [-0.1, -0.05) is 64.9 Å². The van der Waals surface area contributed by atoms with Gasteiger partial charge in [-0.15, -0.1) is 21.5 Å². The Morgan fingerprint density at radius 3 is 1.78 bits per heavy atom. The standard InChI is InChI=1S/C9H11PS.C4H10.C3H8/c10-7-1-2-8-3-5-9(11)6-4-8;1-3-4-2;1-3-2/h3-7,10-11H,1-2H2;3-4H2,1-2H3;3H2,1-2H3. The molecule has 0 saturated heterocycles. The molecule has 0 saturated carbocycles. The summed E-state index contributed by atoms with van der Waals surface area (Å²) in [6.45, 7) is 8.61. The molecule has 0 amide bonds. The molecule has 18 heavy (non-hydrogen) atoms. The zero-order valence-corrected chi connectivity index (χ0v) is 14.3. The van der Waals surface area contributed by atoms with Gasteiger partial charge in [-0.2, -0.15) is 0 Å². The lowest BCUT2D eigenvalue weighted by molar-refractivity contribution is 0.886. The highest BCUT2D eigenvalue weighted by atomic mass is 32.1. The summed E-state index contributed by atoms with van der Waals surface area (Å²) in [5.74, 6) is 1.99. The summed E-state index contributed by atoms with van der Waals surface area (Å²) in [4.78, 5) is 1.02. The van der Waals surface area contributed by atoms with Crippen molar-refractivity contribution in [1.82, 2.24) is 0 Å². The molecule has 2 heteroatoms. The highest BCUT2D eigenvalue weighted by Gasteiger charge is 1.89. The maximum absolute atomic E-state index is 4.21. The van der Waals surface area contributed by atoms with Crippen molar-refractivity contribution in [2.24, 2.45) is 0 Å². The van der Waals surface area contributed by atoms with Crippen molar-refractivity contribution in [3.63, 3.8) is 0 Å². The molecule has 0 nitrogen and oxygen atoms in total. The van der Waals surface area contributed by atoms with Crippen LogP contribution in [0.2, 0.25) is 0 Å². The van der Waals surface area contributed by atoms with E-state index in [0.29, 0.717) is 0 Å². The second-order valence-corrected chi connectivity index (χ2v) is 5.04. The normalized spacial score (nSPS) is 8.50. The van der Waals surface area contributed by atoms with Crippen LogP contribution in [0, 0.1) is 0 Å². The minimum Gasteiger partial charge on any atom is -0.143 e. The van der Waals surface area contributed by atoms with Gasteiger partial charge < -0.3 is 0 Å². The lowest BCUT2D eigenvalue weighted by Crippen LogP contribution is -1.83. The monoisotopic (exact) mass is 284 g/mol. The lowest BCUT2D eigenvalue weighted by Gasteiger charge is -1.97. The molecule has 0 spiro atoms. The molecule has 0 aliphatic rings. The van der Waals surface area contributed by atoms with Gasteiger partial charge in [-0.3, -0.25) is 0 Å². The number of aryl methyl sites for hydroxylation is 1. The van der Waals surface area contributed by atoms with Crippen LogP contribution >= 0.6 is 21.5 Å². The van der Waals surface area contributed by atoms with E-state index in [-0.39, 0.29) is 0 Å². The van der Waals surface area contributed by atoms with Crippen LogP contribution in [0.15, 0.2) is 29.2 Å². The second-order valence-electron chi connectivity index (χ2n) is 4.12. The van der Waals surface area contributed by atoms with E-state index in [1.54, 1.807) is 0 Å². The average molecular weight is 284 g/mol. The first-order valence-corrected chi connectivity index (χ1v) is 7.95. The van der Waals surface area contributed by atoms with Crippen molar-refractivity contribution in [3.8, 4) is 0 Å². The molecule has 0 bridgehead atoms. The zero-order valence-electron chi connectivity index (χ0n) is 12.4. The molecular weight excluding hydrogens is 255 g/mol. The Bertz CT molecular complexity index is 265. The fourth-order valence-corrected chi connectivity index (χ4v) is 1.19. The van der Waals surface area contributed by atoms with Gasteiger partial charge in [0.2, 0.25) is 0 Å². The van der Waals surface area contributed by atoms with Gasteiger partial charge in [0.05, 0.1) is 0 Å². The predicted octanol–water partition coefficient (Wildman–Crippen LogP) is 6.08. The summed E-state index contributed by atoms with van der Waals surface area (Å²) >= 11 is 4.21. The maximum Gasteiger partial charge on any atom is 0.00401 e. The van der Waals surface area contributed by atoms with E-state index < -0.39 is 0 Å². The van der Waals surface area contributed by atoms with Crippen LogP contribution in [0.5, 0.6) is 0 Å². The van der Waals surface area contributed by atoms with Crippen LogP contribution < -0.4 is 0 Å². The Kier molecular flexibility index (Phi) is 18.7. The highest BCUT2D eigenvalue weighted by molar-refractivity contribution is 7.80. The first-order valence-electron chi connectivity index (χ1n) is 6.92. The third kappa shape index (κ3) is 15.7. The van der Waals surface area contributed by atoms with Gasteiger partial charge in [0.25, 0.3) is 0 Å². The van der Waals surface area contributed by atoms with E-state index in [9.17, 15) is 0 Å². The van der Waals surface area contributed by atoms with Crippen LogP contribution in [-0.2, 0) is 6.42 Å². The van der Waals surface area contributed by atoms with Crippen molar-refractivity contribution in [1.29, 1.82) is 0 Å². The lowest BCUT2D eigenvalue weighted by atomic mass is 10.1. The third-order valence-electron chi connectivity index (χ3n) is 2.01. The summed E-state index contributed by atoms with van der Waals surface area (Å²) in [7, 11) is 3.33. The molecule has 1 aromatic carbocycles. The number of thiol groups is 1. The molecule has 0 radical (unpaired) electrons. The molecule has 104 valence electrons. The molecular formula is C16H29PS. The van der Waals surface area contributed by atoms with Crippen molar-refractivity contribution >= 4 is 27.3 Å². The average Bonchev–Trinajstić information content (AvgIpc) is 2.39. The smallest absolute Gasteiger partial charge is 0.00401 e. The van der Waals surface area contributed by atoms with Crippen LogP contribution in [0.1, 0.15) is 58.9 Å². The van der Waals surface area contributed by atoms with E-state index in [0.717, 1.165) is 17.7 Å². The Labute approximate surface area is 122 Å². The molecule has 0 fully saturated rings. The van der Waals surface area contributed by atoms with Crippen LogP contribution in [0.4, 0.5) is 0 Å². The van der Waals surface area contributed by atoms with Gasteiger partial charge >= 0.3 is 0 Å². The maximum atomic E-state index is 4.21. The zero-order chi connectivity index (χ0) is 14.2. The number of hydrogen-bond acceptors (Lipinski definition) is 1. The molecule has 1 aromatic rings. The summed E-state index contributed by atoms with van der Waals surface area (Å²) in [5, 5.41) is 0. The first-order chi connectivity index (χ1) is 8.65. The fourth-order valence-electron chi connectivity index (χ4n) is 0.901. The minimum atomic E-state index is 1.02. The fraction of sp³-hybridized carbons (Fsp3) is 0.562. The molecule has 0 aromatic heterocycles. The number of benzene rings is 1. The largest absolute Gasteiger partial charge is 0.143 e. The van der Waals surface area contributed by atoms with Crippen molar-refractivity contribution in [3.05, 3.63) is 29.8 Å². The Hall–Kier alpha value is -0.260. The SMILES string of the molecule is CCC.CCCC.P=CCCc1ccc(S)cc1. The summed E-state index contributed by atoms with van der Waals surface area (Å²) < 4.78 is 0. The quantitative estimate of drug-likeness (QED) is 0.503. The first kappa shape index (κ1) is 20.1. The third-order valence-corrected chi connectivity index (χ3v) is 2.60. The molecule has 0 atom stereocenters. The van der Waals surface area contributed by atoms with Gasteiger partial charge in [0.15, 0.2) is 0 Å². The number of rotatable bonds is 4. The van der Waals surface area contributed by atoms with Gasteiger partial charge in [-0.05, 0) is 30.5 Å². The minimum absolute atomic E-state index is 1.02. The van der Waals surface area contributed by atoms with E-state index in [1.165, 1.54) is 24.8 Å². The van der Waals surface area contributed by atoms with Crippen LogP contribution in [-0.4, -0.2) is 5.80 Å². The van der Waals surface area contributed by atoms with E-state index >= 15 is 0 Å². The van der Waals surface area contributed by atoms with Crippen molar-refractivity contribution in [2.75, 3.05) is 0 Å². The topological polar surface area (TPSA) is 0 Å². The van der Waals surface area contributed by atoms with E-state index in [1.807, 2.05) is 17.9 Å². The van der Waals surface area contributed by atoms with Gasteiger partial charge in [0, 0.05) is 4.90 Å². The predicted molar refractivity (Wildman–Crippen MR) is 92.9 cm³/mol. The van der Waals surface area contributed by atoms with Gasteiger partial charge in [0.1, 0.15) is 0 Å². The molecule has 0 aliphatic carbocycles. The van der Waals surface area contributed by atoms with E-state index in [4.69, 9.17) is 0 Å². The summed E-state index contributed by atoms with van der Waals surface area (Å²) in [6.07, 6.45) is 6.06. The number of hydrogen-bond donors (Lipinski definition) is 1. The molecule has 0 unspecified atom stereocenters. The Morgan fingerprint density at radius 2 is 1.44 bits per heavy atom. The van der Waals surface area contributed by atoms with Gasteiger partial charge in [-0.25, -0.2) is 0 Å². The van der Waals surface area contributed by atoms with Crippen LogP contribution in [0.3, 0.4) is 0 Å². The Morgan fingerprint density at radius 1 is 1.00 bits per heavy atom. The molecule has 1 rings (SSSR count). The molecule has 0 heterocycles.